The van der Waals surface area contributed by atoms with Crippen LogP contribution in [0.5, 0.6) is 17.4 Å². The molecule has 1 aliphatic carbocycles. The number of aromatic carboxylic acids is 1. The molecule has 0 atom stereocenters. The molecule has 0 bridgehead atoms. The zero-order valence-electron chi connectivity index (χ0n) is 19.2. The molecule has 2 aromatic carbocycles. The Kier molecular flexibility index (Phi) is 7.58. The van der Waals surface area contributed by atoms with Crippen LogP contribution in [-0.4, -0.2) is 45.6 Å². The lowest BCUT2D eigenvalue weighted by atomic mass is 9.82. The predicted molar refractivity (Wildman–Crippen MR) is 123 cm³/mol. The Hall–Kier alpha value is -3.47. The van der Waals surface area contributed by atoms with E-state index < -0.39 is 12.3 Å². The van der Waals surface area contributed by atoms with Gasteiger partial charge in [-0.25, -0.2) is 9.48 Å². The molecule has 4 rings (SSSR count). The number of nitrogens with zero attached hydrogens (tertiary/aromatic N) is 3. The maximum absolute atomic E-state index is 12.6. The quantitative estimate of drug-likeness (QED) is 0.403. The number of rotatable bonds is 8. The highest BCUT2D eigenvalue weighted by Gasteiger charge is 2.32. The molecule has 12 heteroatoms. The first-order valence-corrected chi connectivity index (χ1v) is 11.5. The summed E-state index contributed by atoms with van der Waals surface area (Å²) in [7, 11) is 1.56. The first-order chi connectivity index (χ1) is 17.1. The molecule has 3 aromatic rings. The lowest BCUT2D eigenvalue weighted by Gasteiger charge is -2.29. The average molecular weight is 526 g/mol. The number of aromatic nitrogens is 3. The summed E-state index contributed by atoms with van der Waals surface area (Å²) in [6.07, 6.45) is -2.79. The predicted octanol–water partition coefficient (Wildman–Crippen LogP) is 5.69. The van der Waals surface area contributed by atoms with Gasteiger partial charge in [-0.1, -0.05) is 28.9 Å². The van der Waals surface area contributed by atoms with Crippen LogP contribution in [0.4, 0.5) is 13.2 Å². The first-order valence-electron chi connectivity index (χ1n) is 11.1. The Morgan fingerprint density at radius 2 is 1.81 bits per heavy atom. The second-order valence-electron chi connectivity index (χ2n) is 8.41. The maximum atomic E-state index is 12.6. The highest BCUT2D eigenvalue weighted by Crippen LogP contribution is 2.38. The van der Waals surface area contributed by atoms with E-state index in [1.165, 1.54) is 10.7 Å². The van der Waals surface area contributed by atoms with Crippen LogP contribution in [-0.2, 0) is 6.54 Å². The van der Waals surface area contributed by atoms with Gasteiger partial charge in [0.15, 0.2) is 0 Å². The second kappa shape index (κ2) is 10.7. The molecule has 1 heterocycles. The van der Waals surface area contributed by atoms with Crippen LogP contribution in [0.2, 0.25) is 5.02 Å². The number of hydrogen-bond donors (Lipinski definition) is 1. The maximum Gasteiger partial charge on any atom is 0.573 e. The van der Waals surface area contributed by atoms with Crippen LogP contribution >= 0.6 is 11.6 Å². The van der Waals surface area contributed by atoms with Gasteiger partial charge in [0.25, 0.3) is 0 Å². The number of alkyl halides is 3. The van der Waals surface area contributed by atoms with Crippen LogP contribution in [0.3, 0.4) is 0 Å². The second-order valence-corrected chi connectivity index (χ2v) is 8.85. The monoisotopic (exact) mass is 525 g/mol. The highest BCUT2D eigenvalue weighted by molar-refractivity contribution is 6.30. The molecule has 1 aromatic heterocycles. The van der Waals surface area contributed by atoms with Gasteiger partial charge in [0.1, 0.15) is 17.6 Å². The molecule has 0 spiro atoms. The Morgan fingerprint density at radius 3 is 2.42 bits per heavy atom. The van der Waals surface area contributed by atoms with Crippen molar-refractivity contribution >= 4 is 17.6 Å². The van der Waals surface area contributed by atoms with Gasteiger partial charge >= 0.3 is 12.3 Å². The summed E-state index contributed by atoms with van der Waals surface area (Å²) in [6, 6.07) is 11.3. The lowest BCUT2D eigenvalue weighted by molar-refractivity contribution is -0.274. The number of carboxylic acids is 1. The number of carbonyl (C=O) groups is 1. The zero-order chi connectivity index (χ0) is 25.9. The number of benzene rings is 2. The lowest BCUT2D eigenvalue weighted by Crippen LogP contribution is -2.25. The Labute approximate surface area is 209 Å². The average Bonchev–Trinajstić information content (AvgIpc) is 3.21. The Balaban J connectivity index is 1.44. The summed E-state index contributed by atoms with van der Waals surface area (Å²) in [5.74, 6) is -0.904. The minimum absolute atomic E-state index is 0.0413. The third-order valence-corrected chi connectivity index (χ3v) is 6.15. The van der Waals surface area contributed by atoms with Crippen LogP contribution in [0.15, 0.2) is 42.5 Å². The third kappa shape index (κ3) is 6.39. The molecular formula is C24H23ClF3N3O5. The van der Waals surface area contributed by atoms with E-state index in [2.05, 4.69) is 15.0 Å². The van der Waals surface area contributed by atoms with E-state index in [4.69, 9.17) is 21.1 Å². The number of carboxylic acid groups (broad SMARTS) is 1. The minimum atomic E-state index is -4.81. The van der Waals surface area contributed by atoms with Gasteiger partial charge in [0.05, 0.1) is 13.7 Å². The van der Waals surface area contributed by atoms with Crippen LogP contribution in [0.25, 0.3) is 0 Å². The molecule has 1 saturated carbocycles. The van der Waals surface area contributed by atoms with Gasteiger partial charge in [-0.15, -0.1) is 18.3 Å². The normalized spacial score (nSPS) is 18.0. The van der Waals surface area contributed by atoms with E-state index in [1.54, 1.807) is 25.3 Å². The van der Waals surface area contributed by atoms with Crippen molar-refractivity contribution in [2.45, 2.75) is 50.6 Å². The van der Waals surface area contributed by atoms with Crippen molar-refractivity contribution in [3.05, 3.63) is 64.3 Å². The molecule has 1 N–H and O–H groups in total. The van der Waals surface area contributed by atoms with Gasteiger partial charge in [0.2, 0.25) is 11.6 Å². The van der Waals surface area contributed by atoms with E-state index >= 15 is 0 Å². The summed E-state index contributed by atoms with van der Waals surface area (Å²) in [5, 5.41) is 17.4. The van der Waals surface area contributed by atoms with Crippen LogP contribution < -0.4 is 14.2 Å². The topological polar surface area (TPSA) is 95.7 Å². The molecule has 0 saturated heterocycles. The first kappa shape index (κ1) is 25.6. The van der Waals surface area contributed by atoms with Gasteiger partial charge in [-0.3, -0.25) is 0 Å². The van der Waals surface area contributed by atoms with E-state index in [-0.39, 0.29) is 40.9 Å². The largest absolute Gasteiger partial charge is 0.573 e. The molecule has 1 fully saturated rings. The van der Waals surface area contributed by atoms with Gasteiger partial charge in [0, 0.05) is 5.02 Å². The number of halogens is 4. The van der Waals surface area contributed by atoms with E-state index in [0.717, 1.165) is 11.6 Å². The molecule has 0 amide bonds. The summed E-state index contributed by atoms with van der Waals surface area (Å²) in [4.78, 5) is 11.7. The van der Waals surface area contributed by atoms with Crippen molar-refractivity contribution in [1.29, 1.82) is 0 Å². The molecule has 0 unspecified atom stereocenters. The highest BCUT2D eigenvalue weighted by atomic mass is 35.5. The van der Waals surface area contributed by atoms with Crippen molar-refractivity contribution in [2.75, 3.05) is 7.11 Å². The molecule has 0 radical (unpaired) electrons. The smallest absolute Gasteiger partial charge is 0.497 e. The fourth-order valence-electron chi connectivity index (χ4n) is 4.25. The number of hydrogen-bond acceptors (Lipinski definition) is 6. The van der Waals surface area contributed by atoms with Crippen molar-refractivity contribution < 1.29 is 37.3 Å². The number of methoxy groups -OCH3 is 1. The Morgan fingerprint density at radius 1 is 1.11 bits per heavy atom. The van der Waals surface area contributed by atoms with Gasteiger partial charge in [-0.2, -0.15) is 0 Å². The summed E-state index contributed by atoms with van der Waals surface area (Å²) < 4.78 is 54.5. The molecular weight excluding hydrogens is 503 g/mol. The third-order valence-electron chi connectivity index (χ3n) is 5.93. The fraction of sp³-hybridized carbons (Fsp3) is 0.375. The molecule has 1 aliphatic rings. The van der Waals surface area contributed by atoms with Gasteiger partial charge < -0.3 is 19.3 Å². The van der Waals surface area contributed by atoms with E-state index in [9.17, 15) is 23.1 Å². The van der Waals surface area contributed by atoms with E-state index in [1.807, 2.05) is 12.1 Å². The molecule has 0 aliphatic heterocycles. The zero-order valence-corrected chi connectivity index (χ0v) is 19.9. The molecule has 8 nitrogen and oxygen atoms in total. The number of ether oxygens (including phenoxy) is 3. The van der Waals surface area contributed by atoms with Crippen LogP contribution in [0, 0.1) is 0 Å². The standard InChI is InChI=1S/C24H23ClF3N3O5/c1-34-18-6-2-14(3-7-18)13-31-22(21(23(32)33)29-30-31)35-19-8-4-15(5-9-19)16-10-17(25)12-20(11-16)36-24(26,27)28/h2-3,6-7,10-12,15,19H,4-5,8-9,13H2,1H3,(H,32,33)/t15-,19+. The van der Waals surface area contributed by atoms with Crippen molar-refractivity contribution in [2.24, 2.45) is 0 Å². The van der Waals surface area contributed by atoms with Crippen molar-refractivity contribution in [1.82, 2.24) is 15.0 Å². The fourth-order valence-corrected chi connectivity index (χ4v) is 4.48. The summed E-state index contributed by atoms with van der Waals surface area (Å²) >= 11 is 6.02. The SMILES string of the molecule is COc1ccc(Cn2nnc(C(=O)O)c2O[C@H]2CC[C@@H](c3cc(Cl)cc(OC(F)(F)F)c3)CC2)cc1. The molecule has 36 heavy (non-hydrogen) atoms. The van der Waals surface area contributed by atoms with Crippen molar-refractivity contribution in [3.63, 3.8) is 0 Å². The Bertz CT molecular complexity index is 1210. The summed E-state index contributed by atoms with van der Waals surface area (Å²) in [5.41, 5.74) is 1.22. The van der Waals surface area contributed by atoms with Crippen LogP contribution in [0.1, 0.15) is 53.2 Å². The van der Waals surface area contributed by atoms with E-state index in [0.29, 0.717) is 37.0 Å². The minimum Gasteiger partial charge on any atom is -0.497 e. The van der Waals surface area contributed by atoms with Crippen molar-refractivity contribution in [3.8, 4) is 17.4 Å². The summed E-state index contributed by atoms with van der Waals surface area (Å²) in [6.45, 7) is 0.249. The van der Waals surface area contributed by atoms with Gasteiger partial charge in [-0.05, 0) is 73.1 Å². The molecule has 192 valence electrons.